The summed E-state index contributed by atoms with van der Waals surface area (Å²) in [6, 6.07) is 8.51. The standard InChI is InChI=1S/C13H12N6O2/c1-7-14-12(19-16-7)13(21)15-9-4-2-8(3-5-9)10-6-11(20)18-17-10/h2-6H,1H3,(H,15,21)(H,14,16,19)(H2,17,18,20). The van der Waals surface area contributed by atoms with Crippen molar-refractivity contribution in [1.82, 2.24) is 25.4 Å². The van der Waals surface area contributed by atoms with Gasteiger partial charge in [-0.1, -0.05) is 12.1 Å². The Hall–Kier alpha value is -3.16. The summed E-state index contributed by atoms with van der Waals surface area (Å²) in [5, 5.41) is 14.3. The van der Waals surface area contributed by atoms with E-state index >= 15 is 0 Å². The summed E-state index contributed by atoms with van der Waals surface area (Å²) in [7, 11) is 0. The molecule has 3 rings (SSSR count). The molecule has 0 fully saturated rings. The Balaban J connectivity index is 1.75. The smallest absolute Gasteiger partial charge is 0.295 e. The molecule has 3 aromatic rings. The van der Waals surface area contributed by atoms with Crippen molar-refractivity contribution < 1.29 is 4.79 Å². The van der Waals surface area contributed by atoms with Crippen molar-refractivity contribution in [2.75, 3.05) is 5.32 Å². The summed E-state index contributed by atoms with van der Waals surface area (Å²) in [6.45, 7) is 1.72. The molecule has 0 unspecified atom stereocenters. The second-order valence-electron chi connectivity index (χ2n) is 4.45. The van der Waals surface area contributed by atoms with Gasteiger partial charge in [-0.3, -0.25) is 24.9 Å². The van der Waals surface area contributed by atoms with Gasteiger partial charge in [0, 0.05) is 11.8 Å². The normalized spacial score (nSPS) is 10.5. The van der Waals surface area contributed by atoms with Crippen LogP contribution in [0.5, 0.6) is 0 Å². The number of amides is 1. The van der Waals surface area contributed by atoms with Crippen LogP contribution in [0.3, 0.4) is 0 Å². The van der Waals surface area contributed by atoms with E-state index in [1.165, 1.54) is 6.07 Å². The lowest BCUT2D eigenvalue weighted by Gasteiger charge is -2.03. The molecule has 0 spiro atoms. The average molecular weight is 284 g/mol. The van der Waals surface area contributed by atoms with Crippen molar-refractivity contribution in [3.8, 4) is 11.3 Å². The zero-order valence-electron chi connectivity index (χ0n) is 11.1. The first-order valence-corrected chi connectivity index (χ1v) is 6.20. The number of carbonyl (C=O) groups is 1. The molecule has 2 aromatic heterocycles. The Kier molecular flexibility index (Phi) is 3.11. The first-order valence-electron chi connectivity index (χ1n) is 6.20. The SMILES string of the molecule is Cc1nc(C(=O)Nc2ccc(-c3cc(=O)[nH][nH]3)cc2)n[nH]1. The Labute approximate surface area is 118 Å². The van der Waals surface area contributed by atoms with Crippen LogP contribution in [0.25, 0.3) is 11.3 Å². The largest absolute Gasteiger partial charge is 0.319 e. The van der Waals surface area contributed by atoms with Crippen LogP contribution in [0, 0.1) is 6.92 Å². The van der Waals surface area contributed by atoms with E-state index < -0.39 is 0 Å². The van der Waals surface area contributed by atoms with Gasteiger partial charge in [0.25, 0.3) is 11.5 Å². The van der Waals surface area contributed by atoms with Crippen molar-refractivity contribution in [1.29, 1.82) is 0 Å². The molecule has 1 aromatic carbocycles. The van der Waals surface area contributed by atoms with E-state index in [1.807, 2.05) is 0 Å². The number of rotatable bonds is 3. The molecule has 0 radical (unpaired) electrons. The van der Waals surface area contributed by atoms with Crippen LogP contribution in [0.2, 0.25) is 0 Å². The van der Waals surface area contributed by atoms with E-state index in [2.05, 4.69) is 30.7 Å². The van der Waals surface area contributed by atoms with Gasteiger partial charge in [-0.05, 0) is 24.6 Å². The van der Waals surface area contributed by atoms with E-state index in [4.69, 9.17) is 0 Å². The second kappa shape index (κ2) is 5.08. The highest BCUT2D eigenvalue weighted by molar-refractivity contribution is 6.01. The number of hydrogen-bond donors (Lipinski definition) is 4. The van der Waals surface area contributed by atoms with Gasteiger partial charge < -0.3 is 5.32 Å². The summed E-state index contributed by atoms with van der Waals surface area (Å²) < 4.78 is 0. The van der Waals surface area contributed by atoms with Crippen LogP contribution >= 0.6 is 0 Å². The lowest BCUT2D eigenvalue weighted by Crippen LogP contribution is -2.13. The lowest BCUT2D eigenvalue weighted by molar-refractivity contribution is 0.101. The van der Waals surface area contributed by atoms with Gasteiger partial charge in [0.1, 0.15) is 5.82 Å². The molecule has 21 heavy (non-hydrogen) atoms. The predicted octanol–water partition coefficient (Wildman–Crippen LogP) is 1.05. The van der Waals surface area contributed by atoms with E-state index in [0.29, 0.717) is 17.2 Å². The summed E-state index contributed by atoms with van der Waals surface area (Å²) in [4.78, 5) is 26.9. The van der Waals surface area contributed by atoms with Crippen LogP contribution in [0.4, 0.5) is 5.69 Å². The highest BCUT2D eigenvalue weighted by atomic mass is 16.2. The average Bonchev–Trinajstić information content (AvgIpc) is 3.08. The highest BCUT2D eigenvalue weighted by Gasteiger charge is 2.11. The van der Waals surface area contributed by atoms with E-state index in [0.717, 1.165) is 5.56 Å². The zero-order valence-corrected chi connectivity index (χ0v) is 11.1. The third-order valence-electron chi connectivity index (χ3n) is 2.85. The molecule has 0 atom stereocenters. The number of carbonyl (C=O) groups excluding carboxylic acids is 1. The Morgan fingerprint density at radius 1 is 1.19 bits per heavy atom. The maximum Gasteiger partial charge on any atom is 0.295 e. The second-order valence-corrected chi connectivity index (χ2v) is 4.45. The first-order chi connectivity index (χ1) is 10.1. The number of benzene rings is 1. The molecule has 2 heterocycles. The summed E-state index contributed by atoms with van der Waals surface area (Å²) in [5.41, 5.74) is 1.94. The monoisotopic (exact) mass is 284 g/mol. The van der Waals surface area contributed by atoms with Crippen molar-refractivity contribution >= 4 is 11.6 Å². The van der Waals surface area contributed by atoms with Gasteiger partial charge in [-0.25, -0.2) is 4.98 Å². The molecule has 106 valence electrons. The Bertz CT molecular complexity index is 827. The molecule has 0 bridgehead atoms. The number of aromatic nitrogens is 5. The maximum absolute atomic E-state index is 11.9. The van der Waals surface area contributed by atoms with Crippen LogP contribution in [-0.2, 0) is 0 Å². The molecule has 0 saturated carbocycles. The highest BCUT2D eigenvalue weighted by Crippen LogP contribution is 2.18. The minimum absolute atomic E-state index is 0.0894. The van der Waals surface area contributed by atoms with Crippen molar-refractivity contribution in [2.45, 2.75) is 6.92 Å². The van der Waals surface area contributed by atoms with Crippen LogP contribution in [0.15, 0.2) is 35.1 Å². The fourth-order valence-electron chi connectivity index (χ4n) is 1.85. The molecular formula is C13H12N6O2. The summed E-state index contributed by atoms with van der Waals surface area (Å²) in [5.74, 6) is 0.278. The number of aryl methyl sites for hydroxylation is 1. The number of nitrogens with zero attached hydrogens (tertiary/aromatic N) is 2. The molecule has 8 heteroatoms. The lowest BCUT2D eigenvalue weighted by atomic mass is 10.1. The third kappa shape index (κ3) is 2.73. The van der Waals surface area contributed by atoms with Gasteiger partial charge in [0.05, 0.1) is 5.69 Å². The molecule has 1 amide bonds. The fourth-order valence-corrected chi connectivity index (χ4v) is 1.85. The predicted molar refractivity (Wildman–Crippen MR) is 75.9 cm³/mol. The molecule has 0 aliphatic rings. The van der Waals surface area contributed by atoms with Gasteiger partial charge >= 0.3 is 0 Å². The molecule has 0 aliphatic carbocycles. The minimum atomic E-state index is -0.387. The van der Waals surface area contributed by atoms with Gasteiger partial charge in [0.2, 0.25) is 5.82 Å². The third-order valence-corrected chi connectivity index (χ3v) is 2.85. The van der Waals surface area contributed by atoms with E-state index in [-0.39, 0.29) is 17.3 Å². The van der Waals surface area contributed by atoms with Gasteiger partial charge in [-0.15, -0.1) is 5.10 Å². The quantitative estimate of drug-likeness (QED) is 0.574. The molecule has 0 aliphatic heterocycles. The van der Waals surface area contributed by atoms with Gasteiger partial charge in [-0.2, -0.15) is 0 Å². The zero-order chi connectivity index (χ0) is 14.8. The minimum Gasteiger partial charge on any atom is -0.319 e. The van der Waals surface area contributed by atoms with E-state index in [9.17, 15) is 9.59 Å². The molecule has 8 nitrogen and oxygen atoms in total. The van der Waals surface area contributed by atoms with Gasteiger partial charge in [0.15, 0.2) is 0 Å². The molecule has 0 saturated heterocycles. The Morgan fingerprint density at radius 3 is 2.52 bits per heavy atom. The topological polar surface area (TPSA) is 119 Å². The number of hydrogen-bond acceptors (Lipinski definition) is 4. The molecule has 4 N–H and O–H groups in total. The van der Waals surface area contributed by atoms with Crippen molar-refractivity contribution in [3.63, 3.8) is 0 Å². The number of anilines is 1. The van der Waals surface area contributed by atoms with Crippen molar-refractivity contribution in [2.24, 2.45) is 0 Å². The summed E-state index contributed by atoms with van der Waals surface area (Å²) >= 11 is 0. The fraction of sp³-hybridized carbons (Fsp3) is 0.0769. The number of nitrogens with one attached hydrogen (secondary N) is 4. The number of H-pyrrole nitrogens is 3. The Morgan fingerprint density at radius 2 is 1.95 bits per heavy atom. The van der Waals surface area contributed by atoms with E-state index in [1.54, 1.807) is 31.2 Å². The van der Waals surface area contributed by atoms with Crippen LogP contribution < -0.4 is 10.9 Å². The summed E-state index contributed by atoms with van der Waals surface area (Å²) in [6.07, 6.45) is 0. The first kappa shape index (κ1) is 12.9. The number of aromatic amines is 3. The molecular weight excluding hydrogens is 272 g/mol. The van der Waals surface area contributed by atoms with Crippen molar-refractivity contribution in [3.05, 3.63) is 52.3 Å². The van der Waals surface area contributed by atoms with Crippen LogP contribution in [0.1, 0.15) is 16.4 Å². The van der Waals surface area contributed by atoms with Crippen LogP contribution in [-0.4, -0.2) is 31.3 Å². The maximum atomic E-state index is 11.9.